The molecule has 0 amide bonds. The van der Waals surface area contributed by atoms with E-state index in [0.717, 1.165) is 22.7 Å². The Morgan fingerprint density at radius 1 is 1.59 bits per heavy atom. The maximum Gasteiger partial charge on any atom is 0.365 e. The highest BCUT2D eigenvalue weighted by molar-refractivity contribution is 7.11. The number of nitrogens with zero attached hydrogens (tertiary/aromatic N) is 3. The Kier molecular flexibility index (Phi) is 2.44. The van der Waals surface area contributed by atoms with Crippen molar-refractivity contribution >= 4 is 17.3 Å². The molecule has 6 heteroatoms. The fourth-order valence-electron chi connectivity index (χ4n) is 1.71. The molecule has 0 atom stereocenters. The second-order valence-corrected chi connectivity index (χ2v) is 5.02. The van der Waals surface area contributed by atoms with Crippen molar-refractivity contribution in [3.05, 3.63) is 34.0 Å². The van der Waals surface area contributed by atoms with E-state index >= 15 is 0 Å². The minimum absolute atomic E-state index is 0.134. The Balaban J connectivity index is 1.73. The third kappa shape index (κ3) is 2.21. The highest BCUT2D eigenvalue weighted by atomic mass is 32.1. The molecule has 0 aromatic carbocycles. The summed E-state index contributed by atoms with van der Waals surface area (Å²) in [6.07, 6.45) is 4.39. The van der Waals surface area contributed by atoms with Crippen molar-refractivity contribution in [1.82, 2.24) is 14.8 Å². The molecule has 2 heterocycles. The summed E-state index contributed by atoms with van der Waals surface area (Å²) in [5, 5.41) is 15.1. The molecule has 3 rings (SSSR count). The lowest BCUT2D eigenvalue weighted by atomic mass is 10.3. The number of hydrogen-bond acceptors (Lipinski definition) is 4. The molecule has 1 aliphatic rings. The zero-order valence-corrected chi connectivity index (χ0v) is 9.85. The van der Waals surface area contributed by atoms with Gasteiger partial charge in [-0.2, -0.15) is 5.10 Å². The summed E-state index contributed by atoms with van der Waals surface area (Å²) in [6, 6.07) is 2.03. The smallest absolute Gasteiger partial charge is 0.365 e. The Bertz CT molecular complexity index is 557. The molecule has 5 nitrogen and oxygen atoms in total. The van der Waals surface area contributed by atoms with Gasteiger partial charge >= 0.3 is 5.97 Å². The number of carbonyl (C=O) groups is 1. The van der Waals surface area contributed by atoms with Crippen LogP contribution in [0.3, 0.4) is 0 Å². The van der Waals surface area contributed by atoms with Gasteiger partial charge in [0.2, 0.25) is 5.01 Å². The fraction of sp³-hybridized carbons (Fsp3) is 0.364. The molecule has 0 spiro atoms. The van der Waals surface area contributed by atoms with Crippen molar-refractivity contribution in [2.24, 2.45) is 0 Å². The van der Waals surface area contributed by atoms with E-state index in [0.29, 0.717) is 12.5 Å². The van der Waals surface area contributed by atoms with E-state index in [9.17, 15) is 4.79 Å². The third-order valence-electron chi connectivity index (χ3n) is 2.72. The van der Waals surface area contributed by atoms with E-state index in [2.05, 4.69) is 10.1 Å². The number of thiazole rings is 1. The van der Waals surface area contributed by atoms with E-state index in [1.807, 2.05) is 16.9 Å². The average Bonchev–Trinajstić information content (AvgIpc) is 2.87. The minimum Gasteiger partial charge on any atom is -0.476 e. The quantitative estimate of drug-likeness (QED) is 0.899. The Hall–Kier alpha value is -1.69. The van der Waals surface area contributed by atoms with E-state index in [-0.39, 0.29) is 5.01 Å². The molecule has 0 bridgehead atoms. The molecule has 2 aromatic heterocycles. The first-order valence-corrected chi connectivity index (χ1v) is 6.31. The van der Waals surface area contributed by atoms with Crippen LogP contribution in [0, 0.1) is 0 Å². The molecule has 0 unspecified atom stereocenters. The van der Waals surface area contributed by atoms with E-state index in [4.69, 9.17) is 5.11 Å². The number of aromatic nitrogens is 3. The van der Waals surface area contributed by atoms with E-state index < -0.39 is 5.97 Å². The number of hydrogen-bond donors (Lipinski definition) is 1. The second-order valence-electron chi connectivity index (χ2n) is 4.16. The van der Waals surface area contributed by atoms with Crippen LogP contribution < -0.4 is 0 Å². The van der Waals surface area contributed by atoms with Gasteiger partial charge in [-0.05, 0) is 18.9 Å². The van der Waals surface area contributed by atoms with Gasteiger partial charge in [-0.15, -0.1) is 11.3 Å². The van der Waals surface area contributed by atoms with Crippen molar-refractivity contribution in [3.8, 4) is 0 Å². The zero-order valence-electron chi connectivity index (χ0n) is 9.04. The van der Waals surface area contributed by atoms with Gasteiger partial charge in [0, 0.05) is 17.5 Å². The first-order chi connectivity index (χ1) is 8.22. The lowest BCUT2D eigenvalue weighted by Gasteiger charge is -1.96. The molecule has 0 saturated heterocycles. The molecule has 1 saturated carbocycles. The highest BCUT2D eigenvalue weighted by Crippen LogP contribution is 2.38. The molecule has 2 aromatic rings. The van der Waals surface area contributed by atoms with E-state index in [1.54, 1.807) is 5.38 Å². The molecule has 1 fully saturated rings. The molecule has 0 radical (unpaired) electrons. The third-order valence-corrected chi connectivity index (χ3v) is 3.59. The largest absolute Gasteiger partial charge is 0.476 e. The summed E-state index contributed by atoms with van der Waals surface area (Å²) >= 11 is 1.15. The summed E-state index contributed by atoms with van der Waals surface area (Å²) in [4.78, 5) is 14.7. The van der Waals surface area contributed by atoms with Crippen molar-refractivity contribution in [2.75, 3.05) is 0 Å². The summed E-state index contributed by atoms with van der Waals surface area (Å²) < 4.78 is 1.81. The van der Waals surface area contributed by atoms with Crippen LogP contribution in [0.15, 0.2) is 17.6 Å². The summed E-state index contributed by atoms with van der Waals surface area (Å²) in [7, 11) is 0. The van der Waals surface area contributed by atoms with Crippen LogP contribution in [0.1, 0.15) is 39.9 Å². The summed E-state index contributed by atoms with van der Waals surface area (Å²) in [6.45, 7) is 0.538. The molecular weight excluding hydrogens is 238 g/mol. The van der Waals surface area contributed by atoms with Crippen molar-refractivity contribution in [2.45, 2.75) is 25.3 Å². The Morgan fingerprint density at radius 3 is 3.06 bits per heavy atom. The van der Waals surface area contributed by atoms with Gasteiger partial charge in [0.15, 0.2) is 0 Å². The van der Waals surface area contributed by atoms with Crippen LogP contribution in [0.2, 0.25) is 0 Å². The zero-order chi connectivity index (χ0) is 11.8. The lowest BCUT2D eigenvalue weighted by molar-refractivity contribution is 0.0696. The van der Waals surface area contributed by atoms with Gasteiger partial charge in [-0.25, -0.2) is 9.78 Å². The van der Waals surface area contributed by atoms with Gasteiger partial charge in [0.25, 0.3) is 0 Å². The SMILES string of the molecule is O=C(O)c1nc(Cn2ccc(C3CC3)n2)cs1. The van der Waals surface area contributed by atoms with Gasteiger partial charge in [0.1, 0.15) is 0 Å². The van der Waals surface area contributed by atoms with Gasteiger partial charge in [0.05, 0.1) is 17.9 Å². The summed E-state index contributed by atoms with van der Waals surface area (Å²) in [5.74, 6) is -0.332. The minimum atomic E-state index is -0.972. The standard InChI is InChI=1S/C11H11N3O2S/c15-11(16)10-12-8(6-17-10)5-14-4-3-9(13-14)7-1-2-7/h3-4,6-7H,1-2,5H2,(H,15,16). The van der Waals surface area contributed by atoms with Gasteiger partial charge in [-0.1, -0.05) is 0 Å². The van der Waals surface area contributed by atoms with Crippen LogP contribution in [0.4, 0.5) is 0 Å². The maximum atomic E-state index is 10.7. The topological polar surface area (TPSA) is 68.0 Å². The first kappa shape index (κ1) is 10.5. The fourth-order valence-corrected chi connectivity index (χ4v) is 2.35. The first-order valence-electron chi connectivity index (χ1n) is 5.43. The molecule has 17 heavy (non-hydrogen) atoms. The van der Waals surface area contributed by atoms with Gasteiger partial charge < -0.3 is 5.11 Å². The normalized spacial score (nSPS) is 15.1. The van der Waals surface area contributed by atoms with Crippen molar-refractivity contribution < 1.29 is 9.90 Å². The summed E-state index contributed by atoms with van der Waals surface area (Å²) in [5.41, 5.74) is 1.89. The lowest BCUT2D eigenvalue weighted by Crippen LogP contribution is -2.02. The van der Waals surface area contributed by atoms with E-state index in [1.165, 1.54) is 12.8 Å². The molecular formula is C11H11N3O2S. The van der Waals surface area contributed by atoms with Crippen LogP contribution in [-0.2, 0) is 6.54 Å². The van der Waals surface area contributed by atoms with Crippen LogP contribution >= 0.6 is 11.3 Å². The van der Waals surface area contributed by atoms with Crippen LogP contribution in [0.5, 0.6) is 0 Å². The monoisotopic (exact) mass is 249 g/mol. The predicted molar refractivity (Wildman–Crippen MR) is 62.4 cm³/mol. The second kappa shape index (κ2) is 3.96. The average molecular weight is 249 g/mol. The Morgan fingerprint density at radius 2 is 2.41 bits per heavy atom. The van der Waals surface area contributed by atoms with Crippen LogP contribution in [-0.4, -0.2) is 25.8 Å². The van der Waals surface area contributed by atoms with Crippen LogP contribution in [0.25, 0.3) is 0 Å². The Labute approximate surface area is 102 Å². The van der Waals surface area contributed by atoms with Crippen molar-refractivity contribution in [1.29, 1.82) is 0 Å². The molecule has 1 N–H and O–H groups in total. The predicted octanol–water partition coefficient (Wildman–Crippen LogP) is 1.96. The van der Waals surface area contributed by atoms with Crippen molar-refractivity contribution in [3.63, 3.8) is 0 Å². The maximum absolute atomic E-state index is 10.7. The molecule has 1 aliphatic carbocycles. The highest BCUT2D eigenvalue weighted by Gasteiger charge is 2.25. The number of rotatable bonds is 4. The molecule has 88 valence electrons. The number of aromatic carboxylic acids is 1. The number of carboxylic acid groups (broad SMARTS) is 1. The van der Waals surface area contributed by atoms with Gasteiger partial charge in [-0.3, -0.25) is 4.68 Å². The molecule has 0 aliphatic heterocycles. The number of carboxylic acids is 1.